The average molecular weight is 238 g/mol. The van der Waals surface area contributed by atoms with Crippen molar-refractivity contribution in [1.29, 1.82) is 0 Å². The largest absolute Gasteiger partial charge is 0.478 e. The highest BCUT2D eigenvalue weighted by Gasteiger charge is 2.03. The molecule has 2 heterocycles. The zero-order chi connectivity index (χ0) is 12.7. The van der Waals surface area contributed by atoms with E-state index in [2.05, 4.69) is 28.2 Å². The van der Waals surface area contributed by atoms with Crippen LogP contribution in [-0.2, 0) is 22.7 Å². The van der Waals surface area contributed by atoms with Crippen LogP contribution in [0.15, 0.2) is 30.5 Å². The molecule has 0 saturated carbocycles. The number of rotatable bonds is 2. The highest BCUT2D eigenvalue weighted by atomic mass is 16.4. The monoisotopic (exact) mass is 238 g/mol. The van der Waals surface area contributed by atoms with Gasteiger partial charge >= 0.3 is 11.9 Å². The maximum absolute atomic E-state index is 9.55. The van der Waals surface area contributed by atoms with Crippen molar-refractivity contribution in [2.45, 2.75) is 13.1 Å². The van der Waals surface area contributed by atoms with Crippen LogP contribution in [0.2, 0.25) is 0 Å². The SMILES string of the molecule is O=C(O)C=CC(=O)O.c1cc2n(c1)CCNC2. The molecule has 1 aliphatic rings. The molecule has 1 aliphatic heterocycles. The van der Waals surface area contributed by atoms with Crippen LogP contribution in [-0.4, -0.2) is 33.3 Å². The third-order valence-electron chi connectivity index (χ3n) is 2.13. The summed E-state index contributed by atoms with van der Waals surface area (Å²) in [6.07, 6.45) is 3.25. The Morgan fingerprint density at radius 2 is 1.94 bits per heavy atom. The van der Waals surface area contributed by atoms with Crippen LogP contribution in [0.4, 0.5) is 0 Å². The van der Waals surface area contributed by atoms with Gasteiger partial charge in [0.15, 0.2) is 0 Å². The number of hydrogen-bond donors (Lipinski definition) is 3. The summed E-state index contributed by atoms with van der Waals surface area (Å²) in [7, 11) is 0. The van der Waals surface area contributed by atoms with E-state index in [0.717, 1.165) is 19.6 Å². The molecule has 0 atom stereocenters. The Morgan fingerprint density at radius 3 is 2.47 bits per heavy atom. The molecule has 0 aromatic carbocycles. The van der Waals surface area contributed by atoms with Gasteiger partial charge in [-0.05, 0) is 12.1 Å². The van der Waals surface area contributed by atoms with Crippen LogP contribution in [0.1, 0.15) is 5.69 Å². The maximum Gasteiger partial charge on any atom is 0.328 e. The van der Waals surface area contributed by atoms with E-state index in [9.17, 15) is 9.59 Å². The van der Waals surface area contributed by atoms with Crippen LogP contribution in [0.5, 0.6) is 0 Å². The Kier molecular flexibility index (Phi) is 4.96. The summed E-state index contributed by atoms with van der Waals surface area (Å²) in [5.41, 5.74) is 1.40. The zero-order valence-electron chi connectivity index (χ0n) is 9.17. The smallest absolute Gasteiger partial charge is 0.328 e. The van der Waals surface area contributed by atoms with Gasteiger partial charge in [-0.15, -0.1) is 0 Å². The molecule has 2 rings (SSSR count). The highest BCUT2D eigenvalue weighted by molar-refractivity contribution is 5.89. The molecule has 0 amide bonds. The van der Waals surface area contributed by atoms with Gasteiger partial charge in [0.05, 0.1) is 0 Å². The summed E-state index contributed by atoms with van der Waals surface area (Å²) < 4.78 is 2.29. The van der Waals surface area contributed by atoms with Gasteiger partial charge < -0.3 is 20.1 Å². The summed E-state index contributed by atoms with van der Waals surface area (Å²) in [5, 5.41) is 18.9. The summed E-state index contributed by atoms with van der Waals surface area (Å²) in [6, 6.07) is 4.26. The lowest BCUT2D eigenvalue weighted by Crippen LogP contribution is -2.27. The number of nitrogens with one attached hydrogen (secondary N) is 1. The van der Waals surface area contributed by atoms with Crippen molar-refractivity contribution in [3.8, 4) is 0 Å². The number of carboxylic acid groups (broad SMARTS) is 2. The van der Waals surface area contributed by atoms with Crippen LogP contribution < -0.4 is 5.32 Å². The van der Waals surface area contributed by atoms with Crippen molar-refractivity contribution in [3.63, 3.8) is 0 Å². The van der Waals surface area contributed by atoms with Gasteiger partial charge in [-0.25, -0.2) is 9.59 Å². The van der Waals surface area contributed by atoms with E-state index >= 15 is 0 Å². The summed E-state index contributed by atoms with van der Waals surface area (Å²) in [4.78, 5) is 19.1. The van der Waals surface area contributed by atoms with Crippen LogP contribution in [0.3, 0.4) is 0 Å². The molecule has 0 spiro atoms. The van der Waals surface area contributed by atoms with Crippen LogP contribution >= 0.6 is 0 Å². The molecule has 17 heavy (non-hydrogen) atoms. The second-order valence-electron chi connectivity index (χ2n) is 3.38. The molecule has 6 heteroatoms. The van der Waals surface area contributed by atoms with Crippen molar-refractivity contribution >= 4 is 11.9 Å². The first-order valence-corrected chi connectivity index (χ1v) is 5.08. The number of fused-ring (bicyclic) bond motifs is 1. The molecule has 6 nitrogen and oxygen atoms in total. The van der Waals surface area contributed by atoms with Gasteiger partial charge in [0.2, 0.25) is 0 Å². The van der Waals surface area contributed by atoms with Gasteiger partial charge in [-0.2, -0.15) is 0 Å². The topological polar surface area (TPSA) is 91.6 Å². The lowest BCUT2D eigenvalue weighted by molar-refractivity contribution is -0.134. The maximum atomic E-state index is 9.55. The van der Waals surface area contributed by atoms with Crippen molar-refractivity contribution in [1.82, 2.24) is 9.88 Å². The molecular weight excluding hydrogens is 224 g/mol. The third kappa shape index (κ3) is 4.98. The number of aromatic nitrogens is 1. The van der Waals surface area contributed by atoms with Crippen molar-refractivity contribution in [3.05, 3.63) is 36.2 Å². The van der Waals surface area contributed by atoms with E-state index < -0.39 is 11.9 Å². The lowest BCUT2D eigenvalue weighted by atomic mass is 10.3. The normalized spacial score (nSPS) is 13.6. The molecule has 0 bridgehead atoms. The Morgan fingerprint density at radius 1 is 1.29 bits per heavy atom. The van der Waals surface area contributed by atoms with E-state index in [4.69, 9.17) is 10.2 Å². The first-order valence-electron chi connectivity index (χ1n) is 5.08. The molecular formula is C11H14N2O4. The third-order valence-corrected chi connectivity index (χ3v) is 2.13. The second-order valence-corrected chi connectivity index (χ2v) is 3.38. The number of nitrogens with zero attached hydrogens (tertiary/aromatic N) is 1. The molecule has 3 N–H and O–H groups in total. The molecule has 0 radical (unpaired) electrons. The number of carboxylic acids is 2. The minimum atomic E-state index is -1.26. The van der Waals surface area contributed by atoms with E-state index in [1.54, 1.807) is 0 Å². The van der Waals surface area contributed by atoms with Gasteiger partial charge in [-0.3, -0.25) is 0 Å². The molecule has 0 aliphatic carbocycles. The van der Waals surface area contributed by atoms with Crippen molar-refractivity contribution in [2.75, 3.05) is 6.54 Å². The van der Waals surface area contributed by atoms with E-state index in [-0.39, 0.29) is 0 Å². The van der Waals surface area contributed by atoms with Crippen LogP contribution in [0.25, 0.3) is 0 Å². The second kappa shape index (κ2) is 6.49. The average Bonchev–Trinajstić information content (AvgIpc) is 2.75. The molecule has 0 unspecified atom stereocenters. The minimum Gasteiger partial charge on any atom is -0.478 e. The fourth-order valence-electron chi connectivity index (χ4n) is 1.39. The standard InChI is InChI=1S/C7H10N2.C4H4O4/c1-2-7-6-8-3-5-9(7)4-1;5-3(6)1-2-4(7)8/h1-2,4,8H,3,5-6H2;1-2H,(H,5,6)(H,7,8). The van der Waals surface area contributed by atoms with Gasteiger partial charge in [0.25, 0.3) is 0 Å². The molecule has 1 aromatic heterocycles. The Balaban J connectivity index is 0.000000172. The molecule has 92 valence electrons. The van der Waals surface area contributed by atoms with E-state index in [0.29, 0.717) is 12.2 Å². The number of hydrogen-bond acceptors (Lipinski definition) is 3. The number of carbonyl (C=O) groups is 2. The summed E-state index contributed by atoms with van der Waals surface area (Å²) in [6.45, 7) is 3.27. The first-order chi connectivity index (χ1) is 8.09. The van der Waals surface area contributed by atoms with Crippen molar-refractivity contribution < 1.29 is 19.8 Å². The van der Waals surface area contributed by atoms with Gasteiger partial charge in [-0.1, -0.05) is 0 Å². The van der Waals surface area contributed by atoms with Gasteiger partial charge in [0, 0.05) is 43.7 Å². The Bertz CT molecular complexity index is 386. The minimum absolute atomic E-state index is 0.558. The van der Waals surface area contributed by atoms with Crippen molar-refractivity contribution in [2.24, 2.45) is 0 Å². The molecule has 0 fully saturated rings. The van der Waals surface area contributed by atoms with E-state index in [1.165, 1.54) is 5.69 Å². The Hall–Kier alpha value is -2.08. The lowest BCUT2D eigenvalue weighted by Gasteiger charge is -2.15. The predicted molar refractivity (Wildman–Crippen MR) is 60.6 cm³/mol. The first kappa shape index (κ1) is 13.0. The summed E-state index contributed by atoms with van der Waals surface area (Å²) >= 11 is 0. The molecule has 0 saturated heterocycles. The quantitative estimate of drug-likeness (QED) is 0.645. The number of aliphatic carboxylic acids is 2. The fourth-order valence-corrected chi connectivity index (χ4v) is 1.39. The fraction of sp³-hybridized carbons (Fsp3) is 0.273. The predicted octanol–water partition coefficient (Wildman–Crippen LogP) is 0.303. The molecule has 1 aromatic rings. The zero-order valence-corrected chi connectivity index (χ0v) is 9.17. The van der Waals surface area contributed by atoms with Crippen LogP contribution in [0, 0.1) is 0 Å². The summed E-state index contributed by atoms with van der Waals surface area (Å²) in [5.74, 6) is -2.51. The van der Waals surface area contributed by atoms with Gasteiger partial charge in [0.1, 0.15) is 0 Å². The Labute approximate surface area is 98.2 Å². The van der Waals surface area contributed by atoms with E-state index in [1.807, 2.05) is 0 Å². The highest BCUT2D eigenvalue weighted by Crippen LogP contribution is 2.04.